The fourth-order valence-corrected chi connectivity index (χ4v) is 1.47. The Hall–Kier alpha value is -2.37. The van der Waals surface area contributed by atoms with Gasteiger partial charge < -0.3 is 10.4 Å². The molecule has 0 fully saturated rings. The Morgan fingerprint density at radius 1 is 1.37 bits per heavy atom. The fraction of sp³-hybridized carbons (Fsp3) is 0.308. The number of amides is 1. The number of hydrogen-bond acceptors (Lipinski definition) is 4. The lowest BCUT2D eigenvalue weighted by atomic mass is 9.96. The highest BCUT2D eigenvalue weighted by atomic mass is 16.3. The fourth-order valence-electron chi connectivity index (χ4n) is 1.47. The number of phenols is 1. The molecule has 100 valence electrons. The van der Waals surface area contributed by atoms with Gasteiger partial charge in [0.25, 0.3) is 5.91 Å². The van der Waals surface area contributed by atoms with Gasteiger partial charge in [0.1, 0.15) is 11.6 Å². The molecule has 19 heavy (non-hydrogen) atoms. The average Bonchev–Trinajstić information content (AvgIpc) is 2.77. The van der Waals surface area contributed by atoms with E-state index in [0.717, 1.165) is 0 Å². The number of benzene rings is 1. The van der Waals surface area contributed by atoms with Crippen LogP contribution < -0.4 is 5.32 Å². The lowest BCUT2D eigenvalue weighted by Crippen LogP contribution is -2.16. The summed E-state index contributed by atoms with van der Waals surface area (Å²) in [6.45, 7) is 5.93. The van der Waals surface area contributed by atoms with Gasteiger partial charge in [-0.25, -0.2) is 4.98 Å². The number of phenolic OH excluding ortho intramolecular Hbond substituents is 1. The van der Waals surface area contributed by atoms with Gasteiger partial charge in [0, 0.05) is 17.2 Å². The number of carbonyl (C=O) groups is 1. The van der Waals surface area contributed by atoms with Gasteiger partial charge in [-0.2, -0.15) is 0 Å². The molecule has 6 heteroatoms. The maximum Gasteiger partial charge on any atom is 0.295 e. The highest BCUT2D eigenvalue weighted by Crippen LogP contribution is 2.18. The van der Waals surface area contributed by atoms with E-state index in [4.69, 9.17) is 0 Å². The summed E-state index contributed by atoms with van der Waals surface area (Å²) in [5.41, 5.74) is 0.295. The molecule has 3 N–H and O–H groups in total. The van der Waals surface area contributed by atoms with E-state index in [1.165, 1.54) is 12.1 Å². The quantitative estimate of drug-likeness (QED) is 0.770. The highest BCUT2D eigenvalue weighted by Gasteiger charge is 2.21. The van der Waals surface area contributed by atoms with Crippen LogP contribution in [-0.2, 0) is 5.41 Å². The summed E-state index contributed by atoms with van der Waals surface area (Å²) in [6, 6.07) is 6.30. The van der Waals surface area contributed by atoms with Crippen LogP contribution in [0, 0.1) is 0 Å². The Kier molecular flexibility index (Phi) is 3.25. The van der Waals surface area contributed by atoms with Crippen LogP contribution in [0.5, 0.6) is 5.75 Å². The molecule has 0 aliphatic heterocycles. The molecule has 2 rings (SSSR count). The predicted molar refractivity (Wildman–Crippen MR) is 71.1 cm³/mol. The number of carbonyl (C=O) groups excluding carboxylic acids is 1. The second kappa shape index (κ2) is 4.72. The number of nitrogens with zero attached hydrogens (tertiary/aromatic N) is 2. The zero-order valence-corrected chi connectivity index (χ0v) is 11.1. The molecule has 0 saturated heterocycles. The molecule has 0 aliphatic carbocycles. The molecular formula is C13H16N4O2. The topological polar surface area (TPSA) is 90.9 Å². The normalized spacial score (nSPS) is 11.3. The third-order valence-electron chi connectivity index (χ3n) is 2.50. The van der Waals surface area contributed by atoms with Gasteiger partial charge in [-0.05, 0) is 12.1 Å². The van der Waals surface area contributed by atoms with Crippen LogP contribution in [0.1, 0.15) is 37.2 Å². The summed E-state index contributed by atoms with van der Waals surface area (Å²) in [7, 11) is 0. The molecule has 0 radical (unpaired) electrons. The predicted octanol–water partition coefficient (Wildman–Crippen LogP) is 2.06. The molecular weight excluding hydrogens is 244 g/mol. The number of aromatic amines is 1. The van der Waals surface area contributed by atoms with Crippen molar-refractivity contribution in [3.8, 4) is 5.75 Å². The van der Waals surface area contributed by atoms with E-state index in [9.17, 15) is 9.90 Å². The third-order valence-corrected chi connectivity index (χ3v) is 2.50. The first-order valence-corrected chi connectivity index (χ1v) is 5.89. The molecule has 1 heterocycles. The third kappa shape index (κ3) is 3.09. The molecule has 0 atom stereocenters. The van der Waals surface area contributed by atoms with Crippen molar-refractivity contribution >= 4 is 11.6 Å². The number of hydrogen-bond donors (Lipinski definition) is 3. The van der Waals surface area contributed by atoms with Crippen molar-refractivity contribution in [2.75, 3.05) is 5.32 Å². The molecule has 0 aliphatic rings. The van der Waals surface area contributed by atoms with Crippen LogP contribution in [0.3, 0.4) is 0 Å². The van der Waals surface area contributed by atoms with Gasteiger partial charge in [0.2, 0.25) is 5.82 Å². The molecule has 1 amide bonds. The number of aromatic hydroxyl groups is 1. The second-order valence-electron chi connectivity index (χ2n) is 5.26. The van der Waals surface area contributed by atoms with Crippen molar-refractivity contribution in [3.05, 3.63) is 35.9 Å². The minimum atomic E-state index is -0.419. The highest BCUT2D eigenvalue weighted by molar-refractivity contribution is 6.01. The number of anilines is 1. The molecule has 6 nitrogen and oxygen atoms in total. The van der Waals surface area contributed by atoms with Crippen LogP contribution in [-0.4, -0.2) is 26.2 Å². The van der Waals surface area contributed by atoms with Gasteiger partial charge in [0.15, 0.2) is 0 Å². The minimum Gasteiger partial charge on any atom is -0.508 e. The molecule has 0 bridgehead atoms. The van der Waals surface area contributed by atoms with Crippen molar-refractivity contribution in [1.82, 2.24) is 15.2 Å². The number of aromatic nitrogens is 3. The summed E-state index contributed by atoms with van der Waals surface area (Å²) in [6.07, 6.45) is 0. The van der Waals surface area contributed by atoms with Crippen molar-refractivity contribution in [2.45, 2.75) is 26.2 Å². The monoisotopic (exact) mass is 260 g/mol. The number of rotatable bonds is 2. The van der Waals surface area contributed by atoms with Crippen LogP contribution in [0.2, 0.25) is 0 Å². The Balaban J connectivity index is 2.14. The molecule has 1 aromatic heterocycles. The maximum absolute atomic E-state index is 11.9. The number of nitrogens with one attached hydrogen (secondary N) is 2. The zero-order chi connectivity index (χ0) is 14.0. The van der Waals surface area contributed by atoms with E-state index in [1.807, 2.05) is 20.8 Å². The van der Waals surface area contributed by atoms with Crippen molar-refractivity contribution < 1.29 is 9.90 Å². The standard InChI is InChI=1S/C13H16N4O2/c1-13(2,3)12-15-10(16-17-12)11(19)14-8-5-4-6-9(18)7-8/h4-7,18H,1-3H3,(H,14,19)(H,15,16,17). The Labute approximate surface area is 110 Å². The first kappa shape index (κ1) is 13.1. The first-order valence-electron chi connectivity index (χ1n) is 5.89. The molecule has 0 unspecified atom stereocenters. The zero-order valence-electron chi connectivity index (χ0n) is 11.1. The van der Waals surface area contributed by atoms with Gasteiger partial charge in [-0.15, -0.1) is 5.10 Å². The van der Waals surface area contributed by atoms with E-state index in [2.05, 4.69) is 20.5 Å². The minimum absolute atomic E-state index is 0.0771. The van der Waals surface area contributed by atoms with Crippen molar-refractivity contribution in [3.63, 3.8) is 0 Å². The average molecular weight is 260 g/mol. The molecule has 1 aromatic carbocycles. The van der Waals surface area contributed by atoms with Gasteiger partial charge in [-0.1, -0.05) is 26.8 Å². The molecule has 0 spiro atoms. The van der Waals surface area contributed by atoms with E-state index in [1.54, 1.807) is 12.1 Å². The SMILES string of the molecule is CC(C)(C)c1nc(C(=O)Nc2cccc(O)c2)n[nH]1. The van der Waals surface area contributed by atoms with Gasteiger partial charge in [0.05, 0.1) is 0 Å². The summed E-state index contributed by atoms with van der Waals surface area (Å²) >= 11 is 0. The van der Waals surface area contributed by atoms with Crippen LogP contribution in [0.4, 0.5) is 5.69 Å². The van der Waals surface area contributed by atoms with E-state index in [-0.39, 0.29) is 17.0 Å². The van der Waals surface area contributed by atoms with Crippen molar-refractivity contribution in [2.24, 2.45) is 0 Å². The first-order chi connectivity index (χ1) is 8.86. The summed E-state index contributed by atoms with van der Waals surface area (Å²) in [4.78, 5) is 16.1. The molecule has 2 aromatic rings. The molecule has 0 saturated carbocycles. The van der Waals surface area contributed by atoms with E-state index in [0.29, 0.717) is 11.5 Å². The largest absolute Gasteiger partial charge is 0.508 e. The summed E-state index contributed by atoms with van der Waals surface area (Å²) in [5.74, 6) is 0.391. The number of H-pyrrole nitrogens is 1. The lowest BCUT2D eigenvalue weighted by Gasteiger charge is -2.12. The summed E-state index contributed by atoms with van der Waals surface area (Å²) in [5, 5.41) is 18.6. The van der Waals surface area contributed by atoms with E-state index >= 15 is 0 Å². The van der Waals surface area contributed by atoms with Crippen LogP contribution in [0.25, 0.3) is 0 Å². The van der Waals surface area contributed by atoms with Gasteiger partial charge in [-0.3, -0.25) is 9.89 Å². The Morgan fingerprint density at radius 3 is 2.68 bits per heavy atom. The van der Waals surface area contributed by atoms with E-state index < -0.39 is 5.91 Å². The lowest BCUT2D eigenvalue weighted by molar-refractivity contribution is 0.101. The van der Waals surface area contributed by atoms with Crippen molar-refractivity contribution in [1.29, 1.82) is 0 Å². The summed E-state index contributed by atoms with van der Waals surface area (Å²) < 4.78 is 0. The Bertz CT molecular complexity index is 599. The smallest absolute Gasteiger partial charge is 0.295 e. The van der Waals surface area contributed by atoms with Gasteiger partial charge >= 0.3 is 0 Å². The van der Waals surface area contributed by atoms with Crippen LogP contribution >= 0.6 is 0 Å². The maximum atomic E-state index is 11.9. The second-order valence-corrected chi connectivity index (χ2v) is 5.26. The Morgan fingerprint density at radius 2 is 2.11 bits per heavy atom. The van der Waals surface area contributed by atoms with Crippen LogP contribution in [0.15, 0.2) is 24.3 Å².